The lowest BCUT2D eigenvalue weighted by Gasteiger charge is -2.14. The Morgan fingerprint density at radius 1 is 1.21 bits per heavy atom. The number of furan rings is 1. The lowest BCUT2D eigenvalue weighted by molar-refractivity contribution is -0.901. The van der Waals surface area contributed by atoms with E-state index < -0.39 is 0 Å². The fourth-order valence-corrected chi connectivity index (χ4v) is 3.30. The Labute approximate surface area is 143 Å². The molecule has 1 aliphatic heterocycles. The molecule has 1 saturated heterocycles. The van der Waals surface area contributed by atoms with Crippen molar-refractivity contribution in [1.29, 1.82) is 0 Å². The number of nitrogens with one attached hydrogen (secondary N) is 3. The number of amides is 1. The second-order valence-electron chi connectivity index (χ2n) is 6.77. The molecular weight excluding hydrogens is 302 g/mol. The molecule has 1 amide bonds. The number of carbonyl (C=O) groups is 1. The van der Waals surface area contributed by atoms with Gasteiger partial charge in [0.15, 0.2) is 12.3 Å². The predicted octanol–water partition coefficient (Wildman–Crippen LogP) is 0.112. The van der Waals surface area contributed by atoms with Crippen molar-refractivity contribution in [2.45, 2.75) is 25.9 Å². The van der Waals surface area contributed by atoms with Gasteiger partial charge in [-0.1, -0.05) is 12.1 Å². The zero-order valence-electron chi connectivity index (χ0n) is 14.3. The minimum absolute atomic E-state index is 0.0250. The third-order valence-corrected chi connectivity index (χ3v) is 4.52. The van der Waals surface area contributed by atoms with Gasteiger partial charge in [-0.3, -0.25) is 4.79 Å². The van der Waals surface area contributed by atoms with E-state index in [2.05, 4.69) is 17.4 Å². The number of rotatable bonds is 7. The molecule has 1 aromatic carbocycles. The Kier molecular flexibility index (Phi) is 5.67. The first kappa shape index (κ1) is 16.7. The van der Waals surface area contributed by atoms with E-state index in [1.165, 1.54) is 31.5 Å². The molecule has 0 radical (unpaired) electrons. The monoisotopic (exact) mass is 329 g/mol. The molecule has 1 fully saturated rings. The van der Waals surface area contributed by atoms with Gasteiger partial charge in [0.2, 0.25) is 0 Å². The quantitative estimate of drug-likeness (QED) is 0.675. The molecule has 1 aliphatic rings. The van der Waals surface area contributed by atoms with E-state index in [1.807, 2.05) is 31.3 Å². The number of quaternary nitrogens is 2. The number of carbonyl (C=O) groups excluding carboxylic acids is 1. The number of anilines is 1. The van der Waals surface area contributed by atoms with Crippen LogP contribution in [0.5, 0.6) is 0 Å². The fourth-order valence-electron chi connectivity index (χ4n) is 3.30. The molecule has 1 aromatic heterocycles. The Hall–Kier alpha value is -2.11. The molecule has 2 heterocycles. The molecule has 0 bridgehead atoms. The van der Waals surface area contributed by atoms with Crippen LogP contribution in [0.4, 0.5) is 5.69 Å². The fraction of sp³-hybridized carbons (Fsp3) is 0.421. The first-order valence-corrected chi connectivity index (χ1v) is 8.75. The molecule has 24 heavy (non-hydrogen) atoms. The number of hydrogen-bond donors (Lipinski definition) is 3. The molecule has 5 nitrogen and oxygen atoms in total. The lowest BCUT2D eigenvalue weighted by Crippen LogP contribution is -3.08. The van der Waals surface area contributed by atoms with Gasteiger partial charge in [-0.25, -0.2) is 0 Å². The van der Waals surface area contributed by atoms with Gasteiger partial charge in [0.05, 0.1) is 26.4 Å². The highest BCUT2D eigenvalue weighted by atomic mass is 16.3. The van der Waals surface area contributed by atoms with Gasteiger partial charge in [-0.2, -0.15) is 0 Å². The Bertz CT molecular complexity index is 631. The van der Waals surface area contributed by atoms with Crippen LogP contribution in [0.2, 0.25) is 0 Å². The third kappa shape index (κ3) is 4.94. The Balaban J connectivity index is 1.45. The molecule has 3 N–H and O–H groups in total. The van der Waals surface area contributed by atoms with Crippen molar-refractivity contribution >= 4 is 11.6 Å². The lowest BCUT2D eigenvalue weighted by atomic mass is 10.2. The first-order chi connectivity index (χ1) is 11.7. The average Bonchev–Trinajstić information content (AvgIpc) is 3.23. The highest BCUT2D eigenvalue weighted by molar-refractivity contribution is 5.91. The summed E-state index contributed by atoms with van der Waals surface area (Å²) in [6.45, 7) is 4.77. The molecule has 3 rings (SSSR count). The molecule has 128 valence electrons. The topological polar surface area (TPSA) is 51.1 Å². The first-order valence-electron chi connectivity index (χ1n) is 8.75. The zero-order valence-corrected chi connectivity index (χ0v) is 14.3. The molecule has 0 spiro atoms. The van der Waals surface area contributed by atoms with E-state index in [9.17, 15) is 4.79 Å². The largest absolute Gasteiger partial charge is 0.463 e. The summed E-state index contributed by atoms with van der Waals surface area (Å²) in [5, 5.41) is 2.98. The van der Waals surface area contributed by atoms with Gasteiger partial charge in [0, 0.05) is 24.1 Å². The molecule has 1 atom stereocenters. The highest BCUT2D eigenvalue weighted by Gasteiger charge is 2.16. The normalized spacial score (nSPS) is 16.2. The predicted molar refractivity (Wildman–Crippen MR) is 92.9 cm³/mol. The number of hydrogen-bond acceptors (Lipinski definition) is 2. The number of likely N-dealkylation sites (N-methyl/N-ethyl adjacent to an activating group) is 1. The molecule has 5 heteroatoms. The van der Waals surface area contributed by atoms with Crippen LogP contribution in [0.25, 0.3) is 0 Å². The second kappa shape index (κ2) is 8.13. The summed E-state index contributed by atoms with van der Waals surface area (Å²) < 4.78 is 5.32. The van der Waals surface area contributed by atoms with Crippen molar-refractivity contribution in [3.8, 4) is 0 Å². The summed E-state index contributed by atoms with van der Waals surface area (Å²) in [6, 6.07) is 12.1. The summed E-state index contributed by atoms with van der Waals surface area (Å²) in [5.74, 6) is 0.922. The third-order valence-electron chi connectivity index (χ3n) is 4.52. The van der Waals surface area contributed by atoms with Crippen LogP contribution >= 0.6 is 0 Å². The van der Waals surface area contributed by atoms with Crippen LogP contribution in [0.15, 0.2) is 47.1 Å². The summed E-state index contributed by atoms with van der Waals surface area (Å²) in [7, 11) is 1.99. The summed E-state index contributed by atoms with van der Waals surface area (Å²) in [4.78, 5) is 14.9. The molecule has 1 unspecified atom stereocenters. The van der Waals surface area contributed by atoms with Gasteiger partial charge in [0.25, 0.3) is 5.91 Å². The summed E-state index contributed by atoms with van der Waals surface area (Å²) >= 11 is 0. The van der Waals surface area contributed by atoms with E-state index in [1.54, 1.807) is 11.2 Å². The molecule has 0 aliphatic carbocycles. The van der Waals surface area contributed by atoms with Gasteiger partial charge in [0.1, 0.15) is 13.1 Å². The molecule has 2 aromatic rings. The van der Waals surface area contributed by atoms with Gasteiger partial charge < -0.3 is 19.5 Å². The summed E-state index contributed by atoms with van der Waals surface area (Å²) in [6.07, 6.45) is 4.35. The van der Waals surface area contributed by atoms with E-state index in [4.69, 9.17) is 4.42 Å². The van der Waals surface area contributed by atoms with Crippen LogP contribution in [0.1, 0.15) is 24.2 Å². The van der Waals surface area contributed by atoms with Gasteiger partial charge in [-0.05, 0) is 24.3 Å². The van der Waals surface area contributed by atoms with Crippen molar-refractivity contribution in [2.24, 2.45) is 0 Å². The van der Waals surface area contributed by atoms with Gasteiger partial charge >= 0.3 is 0 Å². The van der Waals surface area contributed by atoms with Crippen molar-refractivity contribution in [2.75, 3.05) is 32.0 Å². The van der Waals surface area contributed by atoms with Crippen LogP contribution < -0.4 is 15.1 Å². The highest BCUT2D eigenvalue weighted by Crippen LogP contribution is 2.09. The SMILES string of the molecule is C[NH+](CC(=O)Nc1ccc(C[NH+]2CCCC2)cc1)Cc1ccco1. The van der Waals surface area contributed by atoms with Crippen LogP contribution in [0.3, 0.4) is 0 Å². The van der Waals surface area contributed by atoms with E-state index in [-0.39, 0.29) is 5.91 Å². The van der Waals surface area contributed by atoms with Crippen molar-refractivity contribution in [1.82, 2.24) is 0 Å². The minimum atomic E-state index is 0.0250. The summed E-state index contributed by atoms with van der Waals surface area (Å²) in [5.41, 5.74) is 2.21. The molecular formula is C19H27N3O2+2. The van der Waals surface area contributed by atoms with Crippen molar-refractivity contribution in [3.05, 3.63) is 54.0 Å². The maximum absolute atomic E-state index is 12.1. The number of benzene rings is 1. The zero-order chi connectivity index (χ0) is 16.8. The standard InChI is InChI=1S/C19H25N3O2/c1-21(14-18-5-4-12-24-18)15-19(23)20-17-8-6-16(7-9-17)13-22-10-2-3-11-22/h4-9,12H,2-3,10-11,13-15H2,1H3,(H,20,23)/p+2. The number of likely N-dealkylation sites (tertiary alicyclic amines) is 1. The maximum Gasteiger partial charge on any atom is 0.279 e. The van der Waals surface area contributed by atoms with Crippen molar-refractivity contribution < 1.29 is 19.0 Å². The van der Waals surface area contributed by atoms with Crippen LogP contribution in [0, 0.1) is 0 Å². The average molecular weight is 329 g/mol. The van der Waals surface area contributed by atoms with E-state index in [0.717, 1.165) is 22.9 Å². The van der Waals surface area contributed by atoms with E-state index >= 15 is 0 Å². The van der Waals surface area contributed by atoms with Gasteiger partial charge in [-0.15, -0.1) is 0 Å². The Morgan fingerprint density at radius 3 is 2.62 bits per heavy atom. The maximum atomic E-state index is 12.1. The van der Waals surface area contributed by atoms with Crippen LogP contribution in [-0.4, -0.2) is 32.6 Å². The Morgan fingerprint density at radius 2 is 1.96 bits per heavy atom. The second-order valence-corrected chi connectivity index (χ2v) is 6.77. The van der Waals surface area contributed by atoms with Crippen LogP contribution in [-0.2, 0) is 17.9 Å². The minimum Gasteiger partial charge on any atom is -0.463 e. The van der Waals surface area contributed by atoms with E-state index in [0.29, 0.717) is 13.1 Å². The van der Waals surface area contributed by atoms with Crippen molar-refractivity contribution in [3.63, 3.8) is 0 Å². The smallest absolute Gasteiger partial charge is 0.279 e. The molecule has 0 saturated carbocycles.